The van der Waals surface area contributed by atoms with Gasteiger partial charge >= 0.3 is 5.69 Å². The Morgan fingerprint density at radius 3 is 2.29 bits per heavy atom. The summed E-state index contributed by atoms with van der Waals surface area (Å²) in [6.07, 6.45) is 3.43. The molecule has 4 heteroatoms. The minimum Gasteiger partial charge on any atom is -0.306 e. The van der Waals surface area contributed by atoms with Crippen LogP contribution in [0.4, 0.5) is 0 Å². The van der Waals surface area contributed by atoms with E-state index in [9.17, 15) is 9.59 Å². The molecule has 1 aliphatic carbocycles. The van der Waals surface area contributed by atoms with Gasteiger partial charge in [0.15, 0.2) is 0 Å². The summed E-state index contributed by atoms with van der Waals surface area (Å²) in [5.41, 5.74) is 4.56. The maximum absolute atomic E-state index is 13.7. The maximum Gasteiger partial charge on any atom is 0.333 e. The van der Waals surface area contributed by atoms with Crippen LogP contribution < -0.4 is 11.2 Å². The SMILES string of the molecule is CCc1ccc(-n2c(=O)[nH]c3c(c2=O)C(CC)(CC)Cc2ccccc2-3)cc1. The van der Waals surface area contributed by atoms with Gasteiger partial charge in [-0.25, -0.2) is 9.36 Å². The lowest BCUT2D eigenvalue weighted by Crippen LogP contribution is -2.45. The summed E-state index contributed by atoms with van der Waals surface area (Å²) in [4.78, 5) is 29.7. The Morgan fingerprint density at radius 2 is 1.64 bits per heavy atom. The molecule has 144 valence electrons. The van der Waals surface area contributed by atoms with Crippen LogP contribution in [-0.2, 0) is 18.3 Å². The number of H-pyrrole nitrogens is 1. The van der Waals surface area contributed by atoms with Gasteiger partial charge in [-0.15, -0.1) is 0 Å². The van der Waals surface area contributed by atoms with Gasteiger partial charge in [0.2, 0.25) is 0 Å². The first-order chi connectivity index (χ1) is 13.5. The van der Waals surface area contributed by atoms with Crippen LogP contribution in [0.5, 0.6) is 0 Å². The van der Waals surface area contributed by atoms with Gasteiger partial charge in [0, 0.05) is 16.5 Å². The number of nitrogens with one attached hydrogen (secondary N) is 1. The number of aryl methyl sites for hydroxylation is 1. The minimum absolute atomic E-state index is 0.193. The first-order valence-electron chi connectivity index (χ1n) is 10.1. The van der Waals surface area contributed by atoms with E-state index in [1.54, 1.807) is 0 Å². The van der Waals surface area contributed by atoms with Crippen molar-refractivity contribution in [2.45, 2.75) is 51.9 Å². The molecule has 2 aromatic carbocycles. The lowest BCUT2D eigenvalue weighted by molar-refractivity contribution is 0.381. The van der Waals surface area contributed by atoms with Gasteiger partial charge in [-0.1, -0.05) is 57.2 Å². The minimum atomic E-state index is -0.384. The fourth-order valence-electron chi connectivity index (χ4n) is 4.57. The number of nitrogens with zero attached hydrogens (tertiary/aromatic N) is 1. The monoisotopic (exact) mass is 374 g/mol. The lowest BCUT2D eigenvalue weighted by Gasteiger charge is -2.38. The van der Waals surface area contributed by atoms with Gasteiger partial charge in [-0.2, -0.15) is 0 Å². The highest BCUT2D eigenvalue weighted by molar-refractivity contribution is 5.71. The molecule has 4 nitrogen and oxygen atoms in total. The fraction of sp³-hybridized carbons (Fsp3) is 0.333. The highest BCUT2D eigenvalue weighted by Gasteiger charge is 2.40. The summed E-state index contributed by atoms with van der Waals surface area (Å²) in [6, 6.07) is 15.8. The van der Waals surface area contributed by atoms with Gasteiger partial charge in [-0.05, 0) is 48.9 Å². The van der Waals surface area contributed by atoms with Crippen molar-refractivity contribution in [1.82, 2.24) is 9.55 Å². The lowest BCUT2D eigenvalue weighted by atomic mass is 9.66. The fourth-order valence-corrected chi connectivity index (χ4v) is 4.57. The van der Waals surface area contributed by atoms with E-state index >= 15 is 0 Å². The molecule has 0 bridgehead atoms. The largest absolute Gasteiger partial charge is 0.333 e. The zero-order valence-electron chi connectivity index (χ0n) is 16.7. The number of rotatable bonds is 4. The number of aromatic nitrogens is 2. The van der Waals surface area contributed by atoms with Gasteiger partial charge in [0.1, 0.15) is 0 Å². The molecule has 0 spiro atoms. The van der Waals surface area contributed by atoms with Crippen molar-refractivity contribution in [2.24, 2.45) is 0 Å². The number of hydrogen-bond donors (Lipinski definition) is 1. The van der Waals surface area contributed by atoms with E-state index in [2.05, 4.69) is 31.8 Å². The maximum atomic E-state index is 13.7. The highest BCUT2D eigenvalue weighted by Crippen LogP contribution is 2.44. The molecule has 0 aliphatic heterocycles. The summed E-state index contributed by atoms with van der Waals surface area (Å²) < 4.78 is 1.30. The molecule has 1 N–H and O–H groups in total. The Bertz CT molecular complexity index is 1130. The van der Waals surface area contributed by atoms with Crippen molar-refractivity contribution in [1.29, 1.82) is 0 Å². The molecule has 0 atom stereocenters. The molecule has 1 heterocycles. The van der Waals surface area contributed by atoms with Gasteiger partial charge in [-0.3, -0.25) is 4.79 Å². The molecular weight excluding hydrogens is 348 g/mol. The van der Waals surface area contributed by atoms with Crippen LogP contribution in [0.25, 0.3) is 16.9 Å². The highest BCUT2D eigenvalue weighted by atomic mass is 16.2. The Hall–Kier alpha value is -2.88. The van der Waals surface area contributed by atoms with E-state index in [-0.39, 0.29) is 16.7 Å². The van der Waals surface area contributed by atoms with E-state index in [1.807, 2.05) is 42.5 Å². The predicted molar refractivity (Wildman–Crippen MR) is 113 cm³/mol. The van der Waals surface area contributed by atoms with Crippen molar-refractivity contribution in [3.05, 3.63) is 86.1 Å². The normalized spacial score (nSPS) is 14.4. The van der Waals surface area contributed by atoms with Crippen LogP contribution >= 0.6 is 0 Å². The average molecular weight is 374 g/mol. The molecule has 1 aromatic heterocycles. The molecule has 4 rings (SSSR count). The van der Waals surface area contributed by atoms with Crippen LogP contribution in [0.3, 0.4) is 0 Å². The Kier molecular flexibility index (Phi) is 4.58. The molecular formula is C24H26N2O2. The summed E-state index contributed by atoms with van der Waals surface area (Å²) in [5.74, 6) is 0. The van der Waals surface area contributed by atoms with Crippen molar-refractivity contribution >= 4 is 0 Å². The second kappa shape index (κ2) is 6.93. The van der Waals surface area contributed by atoms with E-state index in [0.717, 1.165) is 36.8 Å². The molecule has 0 saturated carbocycles. The second-order valence-electron chi connectivity index (χ2n) is 7.66. The molecule has 0 fully saturated rings. The summed E-state index contributed by atoms with van der Waals surface area (Å²) in [7, 11) is 0. The third-order valence-electron chi connectivity index (χ3n) is 6.40. The van der Waals surface area contributed by atoms with E-state index in [0.29, 0.717) is 11.4 Å². The van der Waals surface area contributed by atoms with Gasteiger partial charge in [0.25, 0.3) is 5.56 Å². The Morgan fingerprint density at radius 1 is 0.964 bits per heavy atom. The zero-order valence-corrected chi connectivity index (χ0v) is 16.7. The van der Waals surface area contributed by atoms with Crippen molar-refractivity contribution in [3.8, 4) is 16.9 Å². The van der Waals surface area contributed by atoms with Gasteiger partial charge < -0.3 is 4.98 Å². The number of benzene rings is 2. The predicted octanol–water partition coefficient (Wildman–Crippen LogP) is 4.37. The van der Waals surface area contributed by atoms with E-state index < -0.39 is 0 Å². The van der Waals surface area contributed by atoms with Crippen molar-refractivity contribution in [2.75, 3.05) is 0 Å². The summed E-state index contributed by atoms with van der Waals surface area (Å²) in [6.45, 7) is 6.35. The average Bonchev–Trinajstić information content (AvgIpc) is 2.73. The Balaban J connectivity index is 2.05. The smallest absolute Gasteiger partial charge is 0.306 e. The molecule has 28 heavy (non-hydrogen) atoms. The second-order valence-corrected chi connectivity index (χ2v) is 7.66. The van der Waals surface area contributed by atoms with Crippen molar-refractivity contribution in [3.63, 3.8) is 0 Å². The van der Waals surface area contributed by atoms with Crippen LogP contribution in [0.15, 0.2) is 58.1 Å². The molecule has 0 saturated heterocycles. The third kappa shape index (κ3) is 2.67. The number of hydrogen-bond acceptors (Lipinski definition) is 2. The first-order valence-corrected chi connectivity index (χ1v) is 10.1. The third-order valence-corrected chi connectivity index (χ3v) is 6.40. The molecule has 0 amide bonds. The van der Waals surface area contributed by atoms with Crippen LogP contribution in [0, 0.1) is 0 Å². The summed E-state index contributed by atoms with van der Waals surface area (Å²) >= 11 is 0. The van der Waals surface area contributed by atoms with E-state index in [1.165, 1.54) is 15.7 Å². The topological polar surface area (TPSA) is 54.9 Å². The first kappa shape index (κ1) is 18.5. The van der Waals surface area contributed by atoms with E-state index in [4.69, 9.17) is 0 Å². The van der Waals surface area contributed by atoms with Crippen molar-refractivity contribution < 1.29 is 0 Å². The molecule has 3 aromatic rings. The standard InChI is InChI=1S/C24H26N2O2/c1-4-16-11-13-18(14-12-16)26-22(27)20-21(25-23(26)28)19-10-8-7-9-17(19)15-24(20,5-2)6-3/h7-14H,4-6,15H2,1-3H3,(H,25,28). The van der Waals surface area contributed by atoms with Crippen LogP contribution in [-0.4, -0.2) is 9.55 Å². The van der Waals surface area contributed by atoms with Gasteiger partial charge in [0.05, 0.1) is 11.4 Å². The Labute approximate surface area is 164 Å². The van der Waals surface area contributed by atoms with Crippen LogP contribution in [0.2, 0.25) is 0 Å². The van der Waals surface area contributed by atoms with Crippen LogP contribution in [0.1, 0.15) is 50.3 Å². The number of fused-ring (bicyclic) bond motifs is 3. The molecule has 1 aliphatic rings. The molecule has 0 unspecified atom stereocenters. The molecule has 0 radical (unpaired) electrons. The quantitative estimate of drug-likeness (QED) is 0.737. The summed E-state index contributed by atoms with van der Waals surface area (Å²) in [5, 5.41) is 0. The zero-order chi connectivity index (χ0) is 19.9. The number of aromatic amines is 1.